The van der Waals surface area contributed by atoms with E-state index in [1.54, 1.807) is 13.2 Å². The molecule has 88 valence electrons. The molecular formula is C13H19NO2. The molecule has 1 aliphatic heterocycles. The van der Waals surface area contributed by atoms with Gasteiger partial charge in [0, 0.05) is 19.3 Å². The second-order valence-electron chi connectivity index (χ2n) is 4.61. The van der Waals surface area contributed by atoms with E-state index in [0.717, 1.165) is 19.3 Å². The van der Waals surface area contributed by atoms with Gasteiger partial charge < -0.3 is 10.1 Å². The van der Waals surface area contributed by atoms with Crippen molar-refractivity contribution in [2.45, 2.75) is 38.1 Å². The monoisotopic (exact) mass is 221 g/mol. The highest BCUT2D eigenvalue weighted by atomic mass is 16.5. The number of carbonyl (C=O) groups excluding carboxylic acids is 1. The molecule has 3 heteroatoms. The second-order valence-corrected chi connectivity index (χ2v) is 4.61. The fourth-order valence-corrected chi connectivity index (χ4v) is 2.62. The van der Waals surface area contributed by atoms with Crippen LogP contribution in [0.25, 0.3) is 0 Å². The highest BCUT2D eigenvalue weighted by molar-refractivity contribution is 5.74. The molecule has 0 aromatic rings. The van der Waals surface area contributed by atoms with Crippen LogP contribution in [0, 0.1) is 5.92 Å². The standard InChI is InChI=1S/C13H19NO2/c1-11(15)14-13(7-9-16-10-8-13)12-5-3-2-4-6-12/h3,5,7,9,12H,2,4,6,8,10H2,1H3,(H,14,15)/t12-,13-/m0/s1. The van der Waals surface area contributed by atoms with Crippen molar-refractivity contribution < 1.29 is 9.53 Å². The van der Waals surface area contributed by atoms with Gasteiger partial charge in [-0.25, -0.2) is 0 Å². The number of carbonyl (C=O) groups is 1. The second kappa shape index (κ2) is 4.73. The van der Waals surface area contributed by atoms with E-state index in [1.165, 1.54) is 6.42 Å². The fourth-order valence-electron chi connectivity index (χ4n) is 2.62. The zero-order valence-electron chi connectivity index (χ0n) is 9.74. The summed E-state index contributed by atoms with van der Waals surface area (Å²) in [4.78, 5) is 11.3. The van der Waals surface area contributed by atoms with Crippen LogP contribution in [0.5, 0.6) is 0 Å². The summed E-state index contributed by atoms with van der Waals surface area (Å²) in [5.41, 5.74) is -0.221. The van der Waals surface area contributed by atoms with Crippen molar-refractivity contribution in [2.75, 3.05) is 6.61 Å². The molecule has 0 bridgehead atoms. The smallest absolute Gasteiger partial charge is 0.217 e. The van der Waals surface area contributed by atoms with Gasteiger partial charge in [-0.2, -0.15) is 0 Å². The van der Waals surface area contributed by atoms with Gasteiger partial charge in [0.1, 0.15) is 0 Å². The lowest BCUT2D eigenvalue weighted by Crippen LogP contribution is -2.53. The minimum absolute atomic E-state index is 0.0329. The fraction of sp³-hybridized carbons (Fsp3) is 0.615. The predicted molar refractivity (Wildman–Crippen MR) is 62.7 cm³/mol. The van der Waals surface area contributed by atoms with E-state index < -0.39 is 0 Å². The van der Waals surface area contributed by atoms with Crippen LogP contribution in [0.1, 0.15) is 32.6 Å². The first-order chi connectivity index (χ1) is 7.73. The number of rotatable bonds is 2. The van der Waals surface area contributed by atoms with E-state index in [2.05, 4.69) is 17.5 Å². The molecule has 0 spiro atoms. The highest BCUT2D eigenvalue weighted by Gasteiger charge is 2.37. The van der Waals surface area contributed by atoms with Crippen molar-refractivity contribution in [1.29, 1.82) is 0 Å². The molecule has 0 fully saturated rings. The number of hydrogen-bond acceptors (Lipinski definition) is 2. The Hall–Kier alpha value is -1.25. The zero-order chi connectivity index (χ0) is 11.4. The first-order valence-corrected chi connectivity index (χ1v) is 5.98. The number of ether oxygens (including phenoxy) is 1. The Morgan fingerprint density at radius 3 is 3.00 bits per heavy atom. The number of allylic oxidation sites excluding steroid dienone is 1. The van der Waals surface area contributed by atoms with Crippen molar-refractivity contribution in [3.63, 3.8) is 0 Å². The molecule has 0 aromatic heterocycles. The van der Waals surface area contributed by atoms with Gasteiger partial charge in [0.05, 0.1) is 18.4 Å². The van der Waals surface area contributed by atoms with Crippen LogP contribution in [0.2, 0.25) is 0 Å². The summed E-state index contributed by atoms with van der Waals surface area (Å²) in [6.45, 7) is 2.26. The van der Waals surface area contributed by atoms with Crippen LogP contribution < -0.4 is 5.32 Å². The number of hydrogen-bond donors (Lipinski definition) is 1. The lowest BCUT2D eigenvalue weighted by molar-refractivity contribution is -0.121. The summed E-state index contributed by atoms with van der Waals surface area (Å²) in [6.07, 6.45) is 12.6. The normalized spacial score (nSPS) is 33.2. The molecule has 1 amide bonds. The van der Waals surface area contributed by atoms with E-state index in [9.17, 15) is 4.79 Å². The molecule has 2 atom stereocenters. The van der Waals surface area contributed by atoms with E-state index in [1.807, 2.05) is 6.08 Å². The van der Waals surface area contributed by atoms with Crippen LogP contribution >= 0.6 is 0 Å². The molecule has 0 saturated carbocycles. The van der Waals surface area contributed by atoms with Crippen LogP contribution in [-0.4, -0.2) is 18.1 Å². The third-order valence-electron chi connectivity index (χ3n) is 3.42. The molecule has 2 aliphatic rings. The van der Waals surface area contributed by atoms with Crippen molar-refractivity contribution in [3.8, 4) is 0 Å². The molecule has 1 heterocycles. The summed E-state index contributed by atoms with van der Waals surface area (Å²) >= 11 is 0. The Labute approximate surface area is 96.6 Å². The zero-order valence-corrected chi connectivity index (χ0v) is 9.74. The third kappa shape index (κ3) is 2.29. The Bertz CT molecular complexity index is 322. The largest absolute Gasteiger partial charge is 0.501 e. The average molecular weight is 221 g/mol. The molecule has 0 saturated heterocycles. The summed E-state index contributed by atoms with van der Waals surface area (Å²) in [5.74, 6) is 0.441. The van der Waals surface area contributed by atoms with Gasteiger partial charge in [-0.05, 0) is 25.3 Å². The van der Waals surface area contributed by atoms with Gasteiger partial charge in [0.15, 0.2) is 0 Å². The lowest BCUT2D eigenvalue weighted by Gasteiger charge is -2.40. The van der Waals surface area contributed by atoms with Crippen LogP contribution in [0.3, 0.4) is 0 Å². The molecule has 16 heavy (non-hydrogen) atoms. The molecule has 3 nitrogen and oxygen atoms in total. The summed E-state index contributed by atoms with van der Waals surface area (Å²) in [6, 6.07) is 0. The van der Waals surface area contributed by atoms with Gasteiger partial charge in [-0.15, -0.1) is 0 Å². The maximum Gasteiger partial charge on any atom is 0.217 e. The Kier molecular flexibility index (Phi) is 3.32. The molecule has 0 aromatic carbocycles. The number of amides is 1. The lowest BCUT2D eigenvalue weighted by atomic mass is 9.75. The first kappa shape index (κ1) is 11.2. The minimum atomic E-state index is -0.221. The van der Waals surface area contributed by atoms with Gasteiger partial charge in [0.2, 0.25) is 5.91 Å². The topological polar surface area (TPSA) is 38.3 Å². The summed E-state index contributed by atoms with van der Waals surface area (Å²) in [5, 5.41) is 3.11. The maximum absolute atomic E-state index is 11.3. The van der Waals surface area contributed by atoms with Gasteiger partial charge >= 0.3 is 0 Å². The Morgan fingerprint density at radius 2 is 2.44 bits per heavy atom. The summed E-state index contributed by atoms with van der Waals surface area (Å²) in [7, 11) is 0. The van der Waals surface area contributed by atoms with E-state index in [4.69, 9.17) is 4.74 Å². The quantitative estimate of drug-likeness (QED) is 0.726. The summed E-state index contributed by atoms with van der Waals surface area (Å²) < 4.78 is 5.24. The first-order valence-electron chi connectivity index (χ1n) is 5.98. The maximum atomic E-state index is 11.3. The SMILES string of the molecule is CC(=O)N[C@@]1([C@H]2C=CCCC2)C=COCC1. The molecule has 1 aliphatic carbocycles. The highest BCUT2D eigenvalue weighted by Crippen LogP contribution is 2.33. The van der Waals surface area contributed by atoms with E-state index in [-0.39, 0.29) is 11.4 Å². The van der Waals surface area contributed by atoms with E-state index in [0.29, 0.717) is 12.5 Å². The molecule has 0 radical (unpaired) electrons. The van der Waals surface area contributed by atoms with Crippen molar-refractivity contribution in [1.82, 2.24) is 5.32 Å². The Balaban J connectivity index is 2.21. The molecule has 2 rings (SSSR count). The van der Waals surface area contributed by atoms with Crippen molar-refractivity contribution >= 4 is 5.91 Å². The molecular weight excluding hydrogens is 202 g/mol. The third-order valence-corrected chi connectivity index (χ3v) is 3.42. The van der Waals surface area contributed by atoms with Crippen LogP contribution in [-0.2, 0) is 9.53 Å². The van der Waals surface area contributed by atoms with Gasteiger partial charge in [-0.3, -0.25) is 4.79 Å². The predicted octanol–water partition coefficient (Wildman–Crippen LogP) is 2.15. The van der Waals surface area contributed by atoms with Crippen LogP contribution in [0.15, 0.2) is 24.5 Å². The van der Waals surface area contributed by atoms with Crippen molar-refractivity contribution in [3.05, 3.63) is 24.5 Å². The van der Waals surface area contributed by atoms with E-state index >= 15 is 0 Å². The van der Waals surface area contributed by atoms with Crippen LogP contribution in [0.4, 0.5) is 0 Å². The average Bonchev–Trinajstić information content (AvgIpc) is 2.30. The van der Waals surface area contributed by atoms with Gasteiger partial charge in [0.25, 0.3) is 0 Å². The van der Waals surface area contributed by atoms with Crippen molar-refractivity contribution in [2.24, 2.45) is 5.92 Å². The minimum Gasteiger partial charge on any atom is -0.501 e. The number of nitrogens with one attached hydrogen (secondary N) is 1. The Morgan fingerprint density at radius 1 is 1.56 bits per heavy atom. The molecule has 0 unspecified atom stereocenters. The van der Waals surface area contributed by atoms with Gasteiger partial charge in [-0.1, -0.05) is 12.2 Å². The molecule has 1 N–H and O–H groups in total.